The van der Waals surface area contributed by atoms with Crippen LogP contribution in [0.2, 0.25) is 0 Å². The van der Waals surface area contributed by atoms with Gasteiger partial charge in [0.05, 0.1) is 13.7 Å². The smallest absolute Gasteiger partial charge is 0.191 e. The molecule has 1 unspecified atom stereocenters. The topological polar surface area (TPSA) is 58.1 Å². The van der Waals surface area contributed by atoms with Gasteiger partial charge in [0.1, 0.15) is 0 Å². The maximum Gasteiger partial charge on any atom is 0.191 e. The Morgan fingerprint density at radius 1 is 1.21 bits per heavy atom. The molecule has 166 valence electrons. The number of likely N-dealkylation sites (tertiary alicyclic amines) is 1. The SMILES string of the molecule is CCNC(=NCC1CCN(CC)C1)NCCCc1ccc(OC)c(OCC)c1.I. The number of methoxy groups -OCH3 is 1. The summed E-state index contributed by atoms with van der Waals surface area (Å²) in [6, 6.07) is 6.18. The van der Waals surface area contributed by atoms with Gasteiger partial charge in [-0.3, -0.25) is 4.99 Å². The highest BCUT2D eigenvalue weighted by molar-refractivity contribution is 14.0. The molecule has 0 radical (unpaired) electrons. The zero-order valence-corrected chi connectivity index (χ0v) is 20.8. The zero-order valence-electron chi connectivity index (χ0n) is 18.5. The van der Waals surface area contributed by atoms with Gasteiger partial charge < -0.3 is 25.0 Å². The lowest BCUT2D eigenvalue weighted by Crippen LogP contribution is -2.38. The Morgan fingerprint density at radius 3 is 2.69 bits per heavy atom. The second-order valence-corrected chi connectivity index (χ2v) is 7.22. The van der Waals surface area contributed by atoms with Crippen molar-refractivity contribution in [1.82, 2.24) is 15.5 Å². The normalized spacial score (nSPS) is 17.0. The van der Waals surface area contributed by atoms with Crippen molar-refractivity contribution in [3.63, 3.8) is 0 Å². The monoisotopic (exact) mass is 518 g/mol. The molecule has 1 heterocycles. The van der Waals surface area contributed by atoms with Gasteiger partial charge in [-0.2, -0.15) is 0 Å². The van der Waals surface area contributed by atoms with Gasteiger partial charge in [0.2, 0.25) is 0 Å². The first kappa shape index (κ1) is 25.8. The molecular weight excluding hydrogens is 479 g/mol. The molecular formula is C22H39IN4O2. The van der Waals surface area contributed by atoms with Gasteiger partial charge in [-0.05, 0) is 69.8 Å². The minimum Gasteiger partial charge on any atom is -0.493 e. The molecule has 0 saturated carbocycles. The van der Waals surface area contributed by atoms with E-state index >= 15 is 0 Å². The number of hydrogen-bond acceptors (Lipinski definition) is 4. The van der Waals surface area contributed by atoms with Crippen LogP contribution in [-0.2, 0) is 6.42 Å². The van der Waals surface area contributed by atoms with Crippen LogP contribution in [0.5, 0.6) is 11.5 Å². The summed E-state index contributed by atoms with van der Waals surface area (Å²) in [5.74, 6) is 3.23. The molecule has 0 spiro atoms. The zero-order chi connectivity index (χ0) is 20.2. The van der Waals surface area contributed by atoms with Crippen molar-refractivity contribution in [2.75, 3.05) is 53.0 Å². The first-order valence-corrected chi connectivity index (χ1v) is 10.7. The third-order valence-corrected chi connectivity index (χ3v) is 5.13. The molecule has 0 amide bonds. The summed E-state index contributed by atoms with van der Waals surface area (Å²) in [6.45, 7) is 13.2. The summed E-state index contributed by atoms with van der Waals surface area (Å²) in [4.78, 5) is 7.31. The second-order valence-electron chi connectivity index (χ2n) is 7.22. The molecule has 29 heavy (non-hydrogen) atoms. The number of aliphatic imine (C=N–C) groups is 1. The molecule has 1 aliphatic heterocycles. The van der Waals surface area contributed by atoms with Crippen molar-refractivity contribution < 1.29 is 9.47 Å². The van der Waals surface area contributed by atoms with E-state index in [1.54, 1.807) is 7.11 Å². The quantitative estimate of drug-likeness (QED) is 0.203. The molecule has 6 nitrogen and oxygen atoms in total. The Hall–Kier alpha value is -1.22. The van der Waals surface area contributed by atoms with Crippen LogP contribution in [0.15, 0.2) is 23.2 Å². The molecule has 1 fully saturated rings. The van der Waals surface area contributed by atoms with Crippen LogP contribution >= 0.6 is 24.0 Å². The fourth-order valence-corrected chi connectivity index (χ4v) is 3.56. The number of guanidine groups is 1. The van der Waals surface area contributed by atoms with Crippen LogP contribution in [0, 0.1) is 5.92 Å². The van der Waals surface area contributed by atoms with E-state index in [0.29, 0.717) is 12.5 Å². The molecule has 1 aliphatic rings. The number of halogens is 1. The van der Waals surface area contributed by atoms with Crippen molar-refractivity contribution in [3.8, 4) is 11.5 Å². The minimum absolute atomic E-state index is 0. The number of ether oxygens (including phenoxy) is 2. The number of hydrogen-bond donors (Lipinski definition) is 2. The Morgan fingerprint density at radius 2 is 2.03 bits per heavy atom. The Bertz CT molecular complexity index is 612. The highest BCUT2D eigenvalue weighted by Crippen LogP contribution is 2.28. The predicted molar refractivity (Wildman–Crippen MR) is 132 cm³/mol. The van der Waals surface area contributed by atoms with Crippen LogP contribution < -0.4 is 20.1 Å². The predicted octanol–water partition coefficient (Wildman–Crippen LogP) is 3.54. The summed E-state index contributed by atoms with van der Waals surface area (Å²) in [5, 5.41) is 6.83. The van der Waals surface area contributed by atoms with Crippen LogP contribution in [0.4, 0.5) is 0 Å². The van der Waals surface area contributed by atoms with Gasteiger partial charge in [-0.25, -0.2) is 0 Å². The molecule has 0 aliphatic carbocycles. The largest absolute Gasteiger partial charge is 0.493 e. The number of benzene rings is 1. The summed E-state index contributed by atoms with van der Waals surface area (Å²) in [5.41, 5.74) is 1.26. The van der Waals surface area contributed by atoms with Crippen molar-refractivity contribution in [2.45, 2.75) is 40.0 Å². The summed E-state index contributed by atoms with van der Waals surface area (Å²) in [6.07, 6.45) is 3.29. The standard InChI is InChI=1S/C22H38N4O2.HI/c1-5-23-22(25-16-19-12-14-26(6-2)17-19)24-13-8-9-18-10-11-20(27-4)21(15-18)28-7-3;/h10-11,15,19H,5-9,12-14,16-17H2,1-4H3,(H2,23,24,25);1H. The van der Waals surface area contributed by atoms with Crippen LogP contribution in [0.25, 0.3) is 0 Å². The van der Waals surface area contributed by atoms with E-state index in [-0.39, 0.29) is 24.0 Å². The molecule has 1 saturated heterocycles. The molecule has 1 atom stereocenters. The van der Waals surface area contributed by atoms with Gasteiger partial charge in [-0.1, -0.05) is 13.0 Å². The van der Waals surface area contributed by atoms with Crippen molar-refractivity contribution >= 4 is 29.9 Å². The molecule has 2 N–H and O–H groups in total. The Balaban J connectivity index is 0.00000420. The molecule has 1 aromatic carbocycles. The lowest BCUT2D eigenvalue weighted by molar-refractivity contribution is 0.310. The number of nitrogens with one attached hydrogen (secondary N) is 2. The first-order valence-electron chi connectivity index (χ1n) is 10.7. The highest BCUT2D eigenvalue weighted by atomic mass is 127. The molecule has 0 aromatic heterocycles. The Labute approximate surface area is 193 Å². The average molecular weight is 518 g/mol. The van der Waals surface area contributed by atoms with Gasteiger partial charge in [0, 0.05) is 26.2 Å². The number of nitrogens with zero attached hydrogens (tertiary/aromatic N) is 2. The molecule has 0 bridgehead atoms. The van der Waals surface area contributed by atoms with E-state index < -0.39 is 0 Å². The average Bonchev–Trinajstić information content (AvgIpc) is 3.18. The van der Waals surface area contributed by atoms with Crippen LogP contribution in [0.3, 0.4) is 0 Å². The van der Waals surface area contributed by atoms with Crippen LogP contribution in [0.1, 0.15) is 39.2 Å². The van der Waals surface area contributed by atoms with E-state index in [0.717, 1.165) is 56.5 Å². The van der Waals surface area contributed by atoms with E-state index in [2.05, 4.69) is 41.5 Å². The fourth-order valence-electron chi connectivity index (χ4n) is 3.56. The number of aryl methyl sites for hydroxylation is 1. The third-order valence-electron chi connectivity index (χ3n) is 5.13. The van der Waals surface area contributed by atoms with E-state index in [4.69, 9.17) is 14.5 Å². The number of rotatable bonds is 11. The lowest BCUT2D eigenvalue weighted by atomic mass is 10.1. The highest BCUT2D eigenvalue weighted by Gasteiger charge is 2.20. The maximum atomic E-state index is 5.67. The van der Waals surface area contributed by atoms with Gasteiger partial charge in [0.25, 0.3) is 0 Å². The van der Waals surface area contributed by atoms with Crippen molar-refractivity contribution in [1.29, 1.82) is 0 Å². The van der Waals surface area contributed by atoms with Gasteiger partial charge in [-0.15, -0.1) is 24.0 Å². The van der Waals surface area contributed by atoms with E-state index in [1.165, 1.54) is 25.1 Å². The molecule has 7 heteroatoms. The van der Waals surface area contributed by atoms with Gasteiger partial charge in [0.15, 0.2) is 17.5 Å². The molecule has 2 rings (SSSR count). The summed E-state index contributed by atoms with van der Waals surface area (Å²) >= 11 is 0. The maximum absolute atomic E-state index is 5.67. The second kappa shape index (κ2) is 14.7. The minimum atomic E-state index is 0. The summed E-state index contributed by atoms with van der Waals surface area (Å²) < 4.78 is 11.0. The fraction of sp³-hybridized carbons (Fsp3) is 0.682. The summed E-state index contributed by atoms with van der Waals surface area (Å²) in [7, 11) is 1.67. The lowest BCUT2D eigenvalue weighted by Gasteiger charge is -2.14. The van der Waals surface area contributed by atoms with Crippen molar-refractivity contribution in [3.05, 3.63) is 23.8 Å². The third kappa shape index (κ3) is 8.99. The van der Waals surface area contributed by atoms with E-state index in [9.17, 15) is 0 Å². The molecule has 1 aromatic rings. The Kier molecular flexibility index (Phi) is 13.1. The first-order chi connectivity index (χ1) is 13.7. The van der Waals surface area contributed by atoms with Crippen LogP contribution in [-0.4, -0.2) is 63.8 Å². The van der Waals surface area contributed by atoms with Crippen molar-refractivity contribution in [2.24, 2.45) is 10.9 Å². The van der Waals surface area contributed by atoms with E-state index in [1.807, 2.05) is 13.0 Å². The van der Waals surface area contributed by atoms with Gasteiger partial charge >= 0.3 is 0 Å².